The Morgan fingerprint density at radius 2 is 1.77 bits per heavy atom. The Hall–Kier alpha value is -1.64. The normalized spacial score (nSPS) is 20.6. The molecule has 8 heteroatoms. The van der Waals surface area contributed by atoms with E-state index in [1.54, 1.807) is 13.1 Å². The van der Waals surface area contributed by atoms with E-state index < -0.39 is 10.0 Å². The summed E-state index contributed by atoms with van der Waals surface area (Å²) in [6.45, 7) is 2.35. The maximum atomic E-state index is 12.7. The number of anilines is 1. The van der Waals surface area contributed by atoms with E-state index in [9.17, 15) is 13.2 Å². The average molecular weight is 325 g/mol. The van der Waals surface area contributed by atoms with Crippen LogP contribution in [0.25, 0.3) is 0 Å². The minimum atomic E-state index is -3.55. The van der Waals surface area contributed by atoms with Crippen molar-refractivity contribution in [2.75, 3.05) is 51.8 Å². The first-order valence-corrected chi connectivity index (χ1v) is 8.56. The number of carbonyl (C=O) groups excluding carboxylic acids is 1. The number of hydrogen-bond acceptors (Lipinski definition) is 5. The minimum absolute atomic E-state index is 0.0198. The molecule has 1 aromatic carbocycles. The summed E-state index contributed by atoms with van der Waals surface area (Å²) in [6, 6.07) is 4.66. The van der Waals surface area contributed by atoms with Crippen LogP contribution in [0.5, 0.6) is 5.75 Å². The van der Waals surface area contributed by atoms with Crippen molar-refractivity contribution in [1.29, 1.82) is 0 Å². The zero-order valence-corrected chi connectivity index (χ0v) is 13.5. The summed E-state index contributed by atoms with van der Waals surface area (Å²) in [5.41, 5.74) is 0.492. The highest BCUT2D eigenvalue weighted by Crippen LogP contribution is 2.34. The van der Waals surface area contributed by atoms with Crippen LogP contribution in [0.3, 0.4) is 0 Å². The molecule has 0 spiro atoms. The molecule has 0 atom stereocenters. The molecule has 0 aromatic heterocycles. The van der Waals surface area contributed by atoms with Gasteiger partial charge in [-0.2, -0.15) is 4.31 Å². The smallest absolute Gasteiger partial charge is 0.264 e. The van der Waals surface area contributed by atoms with Gasteiger partial charge in [0.25, 0.3) is 5.91 Å². The van der Waals surface area contributed by atoms with E-state index in [-0.39, 0.29) is 17.4 Å². The van der Waals surface area contributed by atoms with E-state index >= 15 is 0 Å². The number of fused-ring (bicyclic) bond motifs is 1. The summed E-state index contributed by atoms with van der Waals surface area (Å²) in [4.78, 5) is 15.4. The standard InChI is InChI=1S/C14H19N3O4S/c1-15-5-7-17(8-6-15)22(19,20)11-3-4-13-12(9-11)16(2)14(18)10-21-13/h3-4,9H,5-8,10H2,1-2H3. The maximum absolute atomic E-state index is 12.7. The van der Waals surface area contributed by atoms with Gasteiger partial charge in [-0.25, -0.2) is 8.42 Å². The van der Waals surface area contributed by atoms with Crippen LogP contribution in [0.2, 0.25) is 0 Å². The first-order chi connectivity index (χ1) is 10.4. The lowest BCUT2D eigenvalue weighted by molar-refractivity contribution is -0.120. The highest BCUT2D eigenvalue weighted by atomic mass is 32.2. The lowest BCUT2D eigenvalue weighted by atomic mass is 10.2. The fourth-order valence-corrected chi connectivity index (χ4v) is 4.03. The SMILES string of the molecule is CN1CCN(S(=O)(=O)c2ccc3c(c2)N(C)C(=O)CO3)CC1. The van der Waals surface area contributed by atoms with Crippen LogP contribution in [0.4, 0.5) is 5.69 Å². The summed E-state index contributed by atoms with van der Waals surface area (Å²) in [5, 5.41) is 0. The summed E-state index contributed by atoms with van der Waals surface area (Å²) in [7, 11) is 0.0473. The molecular weight excluding hydrogens is 306 g/mol. The van der Waals surface area contributed by atoms with E-state index in [0.717, 1.165) is 0 Å². The highest BCUT2D eigenvalue weighted by Gasteiger charge is 2.30. The predicted octanol–water partition coefficient (Wildman–Crippen LogP) is -0.0221. The number of benzene rings is 1. The molecule has 2 aliphatic heterocycles. The van der Waals surface area contributed by atoms with Gasteiger partial charge in [0.15, 0.2) is 6.61 Å². The first-order valence-electron chi connectivity index (χ1n) is 7.12. The van der Waals surface area contributed by atoms with Crippen LogP contribution >= 0.6 is 0 Å². The number of carbonyl (C=O) groups is 1. The molecular formula is C14H19N3O4S. The highest BCUT2D eigenvalue weighted by molar-refractivity contribution is 7.89. The predicted molar refractivity (Wildman–Crippen MR) is 81.6 cm³/mol. The number of hydrogen-bond donors (Lipinski definition) is 0. The minimum Gasteiger partial charge on any atom is -0.482 e. The van der Waals surface area contributed by atoms with Crippen molar-refractivity contribution in [2.45, 2.75) is 4.90 Å². The van der Waals surface area contributed by atoms with Crippen LogP contribution in [0.1, 0.15) is 0 Å². The number of ether oxygens (including phenoxy) is 1. The van der Waals surface area contributed by atoms with Gasteiger partial charge < -0.3 is 14.5 Å². The summed E-state index contributed by atoms with van der Waals surface area (Å²) >= 11 is 0. The van der Waals surface area contributed by atoms with Crippen LogP contribution in [-0.4, -0.2) is 70.4 Å². The number of likely N-dealkylation sites (N-methyl/N-ethyl adjacent to an activating group) is 2. The van der Waals surface area contributed by atoms with Crippen LogP contribution in [-0.2, 0) is 14.8 Å². The molecule has 7 nitrogen and oxygen atoms in total. The third-order valence-electron chi connectivity index (χ3n) is 4.12. The van der Waals surface area contributed by atoms with Gasteiger partial charge >= 0.3 is 0 Å². The van der Waals surface area contributed by atoms with Gasteiger partial charge in [0.2, 0.25) is 10.0 Å². The molecule has 0 aliphatic carbocycles. The fraction of sp³-hybridized carbons (Fsp3) is 0.500. The fourth-order valence-electron chi connectivity index (χ4n) is 2.59. The molecule has 0 saturated carbocycles. The second-order valence-electron chi connectivity index (χ2n) is 5.58. The number of nitrogens with zero attached hydrogens (tertiary/aromatic N) is 3. The molecule has 2 heterocycles. The van der Waals surface area contributed by atoms with Gasteiger partial charge in [0.1, 0.15) is 5.75 Å². The summed E-state index contributed by atoms with van der Waals surface area (Å²) < 4.78 is 32.3. The van der Waals surface area contributed by atoms with Crippen molar-refractivity contribution in [3.8, 4) is 5.75 Å². The van der Waals surface area contributed by atoms with Crippen LogP contribution < -0.4 is 9.64 Å². The third-order valence-corrected chi connectivity index (χ3v) is 6.01. The van der Waals surface area contributed by atoms with Gasteiger partial charge in [-0.05, 0) is 25.2 Å². The van der Waals surface area contributed by atoms with Crippen molar-refractivity contribution >= 4 is 21.6 Å². The van der Waals surface area contributed by atoms with E-state index in [4.69, 9.17) is 4.74 Å². The maximum Gasteiger partial charge on any atom is 0.264 e. The Morgan fingerprint density at radius 3 is 2.45 bits per heavy atom. The van der Waals surface area contributed by atoms with Crippen molar-refractivity contribution < 1.29 is 17.9 Å². The number of sulfonamides is 1. The topological polar surface area (TPSA) is 70.2 Å². The molecule has 22 heavy (non-hydrogen) atoms. The van der Waals surface area contributed by atoms with Gasteiger partial charge in [-0.3, -0.25) is 4.79 Å². The molecule has 2 aliphatic rings. The number of rotatable bonds is 2. The largest absolute Gasteiger partial charge is 0.482 e. The van der Waals surface area contributed by atoms with Crippen molar-refractivity contribution in [2.24, 2.45) is 0 Å². The van der Waals surface area contributed by atoms with Crippen molar-refractivity contribution in [3.05, 3.63) is 18.2 Å². The van der Waals surface area contributed by atoms with E-state index in [2.05, 4.69) is 4.90 Å². The summed E-state index contributed by atoms with van der Waals surface area (Å²) in [6.07, 6.45) is 0. The monoisotopic (exact) mass is 325 g/mol. The molecule has 120 valence electrons. The molecule has 0 N–H and O–H groups in total. The first kappa shape index (κ1) is 15.3. The summed E-state index contributed by atoms with van der Waals surface area (Å²) in [5.74, 6) is 0.334. The number of amides is 1. The average Bonchev–Trinajstić information content (AvgIpc) is 2.51. The quantitative estimate of drug-likeness (QED) is 0.764. The molecule has 0 bridgehead atoms. The molecule has 3 rings (SSSR count). The van der Waals surface area contributed by atoms with Crippen LogP contribution in [0.15, 0.2) is 23.1 Å². The van der Waals surface area contributed by atoms with Gasteiger partial charge in [0.05, 0.1) is 10.6 Å². The lowest BCUT2D eigenvalue weighted by Crippen LogP contribution is -2.47. The van der Waals surface area contributed by atoms with Crippen molar-refractivity contribution in [1.82, 2.24) is 9.21 Å². The van der Waals surface area contributed by atoms with Gasteiger partial charge in [-0.15, -0.1) is 0 Å². The molecule has 1 fully saturated rings. The van der Waals surface area contributed by atoms with Crippen molar-refractivity contribution in [3.63, 3.8) is 0 Å². The van der Waals surface area contributed by atoms with Gasteiger partial charge in [0, 0.05) is 33.2 Å². The molecule has 1 saturated heterocycles. The van der Waals surface area contributed by atoms with Gasteiger partial charge in [-0.1, -0.05) is 0 Å². The second-order valence-corrected chi connectivity index (χ2v) is 7.52. The molecule has 0 unspecified atom stereocenters. The van der Waals surface area contributed by atoms with E-state index in [1.807, 2.05) is 7.05 Å². The lowest BCUT2D eigenvalue weighted by Gasteiger charge is -2.32. The van der Waals surface area contributed by atoms with E-state index in [0.29, 0.717) is 37.6 Å². The Bertz CT molecular complexity index is 696. The second kappa shape index (κ2) is 5.53. The Morgan fingerprint density at radius 1 is 1.09 bits per heavy atom. The zero-order valence-electron chi connectivity index (χ0n) is 12.7. The number of piperazine rings is 1. The Kier molecular flexibility index (Phi) is 3.84. The zero-order chi connectivity index (χ0) is 15.9. The van der Waals surface area contributed by atoms with E-state index in [1.165, 1.54) is 21.3 Å². The molecule has 1 aromatic rings. The Balaban J connectivity index is 1.93. The third kappa shape index (κ3) is 2.57. The molecule has 0 radical (unpaired) electrons. The Labute approximate surface area is 130 Å². The van der Waals surface area contributed by atoms with Crippen LogP contribution in [0, 0.1) is 0 Å². The molecule has 1 amide bonds.